The number of aromatic nitrogens is 4. The lowest BCUT2D eigenvalue weighted by Crippen LogP contribution is -2.37. The molecular formula is C29H26FN5O2S. The molecule has 9 heteroatoms. The second-order valence-electron chi connectivity index (χ2n) is 8.71. The van der Waals surface area contributed by atoms with E-state index in [1.807, 2.05) is 66.7 Å². The second kappa shape index (κ2) is 11.8. The van der Waals surface area contributed by atoms with Gasteiger partial charge in [0, 0.05) is 20.0 Å². The first-order valence-corrected chi connectivity index (χ1v) is 13.0. The van der Waals surface area contributed by atoms with Crippen molar-refractivity contribution in [1.82, 2.24) is 24.9 Å². The summed E-state index contributed by atoms with van der Waals surface area (Å²) < 4.78 is 21.0. The number of nitrogens with zero attached hydrogens (tertiary/aromatic N) is 5. The molecule has 192 valence electrons. The molecule has 0 fully saturated rings. The van der Waals surface area contributed by atoms with E-state index in [0.717, 1.165) is 16.1 Å². The van der Waals surface area contributed by atoms with Crippen LogP contribution in [-0.4, -0.2) is 44.4 Å². The van der Waals surface area contributed by atoms with Gasteiger partial charge in [-0.1, -0.05) is 90.2 Å². The summed E-state index contributed by atoms with van der Waals surface area (Å²) in [5, 5.41) is 14.6. The first-order chi connectivity index (χ1) is 18.6. The van der Waals surface area contributed by atoms with Gasteiger partial charge in [-0.05, 0) is 23.3 Å². The highest BCUT2D eigenvalue weighted by molar-refractivity contribution is 7.14. The Bertz CT molecular complexity index is 1460. The average molecular weight is 528 g/mol. The highest BCUT2D eigenvalue weighted by Crippen LogP contribution is 2.37. The Balaban J connectivity index is 0.000000433. The predicted octanol–water partition coefficient (Wildman–Crippen LogP) is 5.48. The minimum absolute atomic E-state index is 0.130. The minimum Gasteiger partial charge on any atom is -0.484 e. The minimum atomic E-state index is -0.273. The maximum atomic E-state index is 13.2. The molecule has 0 unspecified atom stereocenters. The Morgan fingerprint density at radius 3 is 2.21 bits per heavy atom. The van der Waals surface area contributed by atoms with Gasteiger partial charge in [-0.2, -0.15) is 5.10 Å². The lowest BCUT2D eigenvalue weighted by Gasteiger charge is -2.23. The van der Waals surface area contributed by atoms with Gasteiger partial charge in [-0.25, -0.2) is 4.39 Å². The molecule has 0 bridgehead atoms. The monoisotopic (exact) mass is 527 g/mol. The van der Waals surface area contributed by atoms with Crippen molar-refractivity contribution in [3.05, 3.63) is 119 Å². The van der Waals surface area contributed by atoms with Crippen LogP contribution in [-0.2, 0) is 19.6 Å². The fourth-order valence-corrected chi connectivity index (χ4v) is 4.79. The first kappa shape index (κ1) is 25.3. The van der Waals surface area contributed by atoms with E-state index in [9.17, 15) is 9.18 Å². The van der Waals surface area contributed by atoms with Gasteiger partial charge in [0.25, 0.3) is 5.91 Å². The van der Waals surface area contributed by atoms with Crippen molar-refractivity contribution in [2.24, 2.45) is 0 Å². The maximum absolute atomic E-state index is 13.2. The Morgan fingerprint density at radius 2 is 1.53 bits per heavy atom. The zero-order valence-corrected chi connectivity index (χ0v) is 21.6. The summed E-state index contributed by atoms with van der Waals surface area (Å²) in [4.78, 5) is 14.6. The summed E-state index contributed by atoms with van der Waals surface area (Å²) in [5.41, 5.74) is 2.88. The predicted molar refractivity (Wildman–Crippen MR) is 145 cm³/mol. The molecule has 0 saturated carbocycles. The Labute approximate surface area is 224 Å². The number of amides is 1. The van der Waals surface area contributed by atoms with E-state index in [0.29, 0.717) is 48.3 Å². The summed E-state index contributed by atoms with van der Waals surface area (Å²) in [7, 11) is 1.77. The van der Waals surface area contributed by atoms with Gasteiger partial charge in [0.1, 0.15) is 17.4 Å². The lowest BCUT2D eigenvalue weighted by atomic mass is 10.2. The van der Waals surface area contributed by atoms with Gasteiger partial charge in [0.2, 0.25) is 0 Å². The Morgan fingerprint density at radius 1 is 0.868 bits per heavy atom. The third-order valence-electron chi connectivity index (χ3n) is 5.94. The van der Waals surface area contributed by atoms with Crippen LogP contribution in [0.15, 0.2) is 91.0 Å². The second-order valence-corrected chi connectivity index (χ2v) is 9.77. The lowest BCUT2D eigenvalue weighted by molar-refractivity contribution is 0.0736. The largest absolute Gasteiger partial charge is 0.484 e. The van der Waals surface area contributed by atoms with E-state index in [4.69, 9.17) is 4.74 Å². The Kier molecular flexibility index (Phi) is 7.84. The molecule has 3 aromatic carbocycles. The molecular weight excluding hydrogens is 501 g/mol. The van der Waals surface area contributed by atoms with Gasteiger partial charge >= 0.3 is 0 Å². The topological polar surface area (TPSA) is 73.1 Å². The summed E-state index contributed by atoms with van der Waals surface area (Å²) in [6.07, 6.45) is 0.535. The molecule has 3 heterocycles. The Hall–Kier alpha value is -4.37. The maximum Gasteiger partial charge on any atom is 0.275 e. The van der Waals surface area contributed by atoms with Crippen molar-refractivity contribution in [1.29, 1.82) is 0 Å². The molecule has 6 rings (SSSR count). The number of halogens is 1. The SMILES string of the molecule is CN1CCn2nc(-c3nnc(Cc4ccc(F)cc4)s3)c(OCc3ccccc3)c2C1=O.c1ccccc1. The molecule has 1 aliphatic rings. The van der Waals surface area contributed by atoms with Crippen molar-refractivity contribution in [2.75, 3.05) is 13.6 Å². The molecule has 1 aliphatic heterocycles. The summed E-state index contributed by atoms with van der Waals surface area (Å²) in [6, 6.07) is 28.1. The molecule has 7 nitrogen and oxygen atoms in total. The van der Waals surface area contributed by atoms with Crippen LogP contribution in [0.3, 0.4) is 0 Å². The molecule has 0 saturated heterocycles. The summed E-state index contributed by atoms with van der Waals surface area (Å²) in [5.74, 6) is 0.0223. The van der Waals surface area contributed by atoms with E-state index in [2.05, 4.69) is 15.3 Å². The van der Waals surface area contributed by atoms with Crippen molar-refractivity contribution in [2.45, 2.75) is 19.6 Å². The molecule has 38 heavy (non-hydrogen) atoms. The summed E-state index contributed by atoms with van der Waals surface area (Å²) in [6.45, 7) is 1.47. The van der Waals surface area contributed by atoms with Crippen molar-refractivity contribution in [3.8, 4) is 16.5 Å². The van der Waals surface area contributed by atoms with E-state index in [-0.39, 0.29) is 11.7 Å². The number of carbonyl (C=O) groups is 1. The molecule has 0 aliphatic carbocycles. The van der Waals surface area contributed by atoms with Gasteiger partial charge in [0.05, 0.1) is 6.54 Å². The van der Waals surface area contributed by atoms with Crippen LogP contribution in [0.25, 0.3) is 10.7 Å². The van der Waals surface area contributed by atoms with E-state index in [1.165, 1.54) is 23.5 Å². The molecule has 0 atom stereocenters. The molecule has 0 radical (unpaired) electrons. The van der Waals surface area contributed by atoms with E-state index >= 15 is 0 Å². The number of benzene rings is 3. The van der Waals surface area contributed by atoms with E-state index < -0.39 is 0 Å². The standard InChI is InChI=1S/C23H20FN5O2S.C6H6/c1-28-11-12-29-20(23(28)30)21(31-14-16-5-3-2-4-6-16)19(27-29)22-26-25-18(32-22)13-15-7-9-17(24)10-8-15;1-2-4-6-5-3-1/h2-10H,11-14H2,1H3;1-6H. The fraction of sp³-hybridized carbons (Fsp3) is 0.172. The number of rotatable bonds is 6. The van der Waals surface area contributed by atoms with E-state index in [1.54, 1.807) is 28.8 Å². The van der Waals surface area contributed by atoms with Crippen LogP contribution in [0.2, 0.25) is 0 Å². The fourth-order valence-electron chi connectivity index (χ4n) is 3.93. The van der Waals surface area contributed by atoms with Crippen LogP contribution < -0.4 is 4.74 Å². The third-order valence-corrected chi connectivity index (χ3v) is 6.87. The van der Waals surface area contributed by atoms with Crippen LogP contribution in [0.4, 0.5) is 4.39 Å². The average Bonchev–Trinajstić information content (AvgIpc) is 3.57. The normalized spacial score (nSPS) is 12.5. The van der Waals surface area contributed by atoms with Crippen LogP contribution in [0.5, 0.6) is 5.75 Å². The van der Waals surface area contributed by atoms with Crippen molar-refractivity contribution < 1.29 is 13.9 Å². The van der Waals surface area contributed by atoms with Gasteiger partial charge in [-0.15, -0.1) is 10.2 Å². The molecule has 1 amide bonds. The zero-order valence-electron chi connectivity index (χ0n) is 20.8. The van der Waals surface area contributed by atoms with Gasteiger partial charge in [-0.3, -0.25) is 9.48 Å². The number of likely N-dealkylation sites (N-methyl/N-ethyl adjacent to an activating group) is 1. The highest BCUT2D eigenvalue weighted by Gasteiger charge is 2.32. The van der Waals surface area contributed by atoms with Crippen molar-refractivity contribution >= 4 is 17.2 Å². The smallest absolute Gasteiger partial charge is 0.275 e. The number of carbonyl (C=O) groups excluding carboxylic acids is 1. The molecule has 5 aromatic rings. The number of hydrogen-bond acceptors (Lipinski definition) is 6. The number of hydrogen-bond donors (Lipinski definition) is 0. The molecule has 0 spiro atoms. The van der Waals surface area contributed by atoms with Crippen LogP contribution in [0.1, 0.15) is 26.6 Å². The van der Waals surface area contributed by atoms with Crippen LogP contribution >= 0.6 is 11.3 Å². The third kappa shape index (κ3) is 5.95. The highest BCUT2D eigenvalue weighted by atomic mass is 32.1. The van der Waals surface area contributed by atoms with Gasteiger partial charge in [0.15, 0.2) is 22.1 Å². The van der Waals surface area contributed by atoms with Gasteiger partial charge < -0.3 is 9.64 Å². The quantitative estimate of drug-likeness (QED) is 0.292. The number of ether oxygens (including phenoxy) is 1. The summed E-state index contributed by atoms with van der Waals surface area (Å²) >= 11 is 1.39. The van der Waals surface area contributed by atoms with Crippen molar-refractivity contribution in [3.63, 3.8) is 0 Å². The molecule has 0 N–H and O–H groups in total. The van der Waals surface area contributed by atoms with Crippen LogP contribution in [0, 0.1) is 5.82 Å². The molecule has 2 aromatic heterocycles. The zero-order chi connectivity index (χ0) is 26.3. The number of fused-ring (bicyclic) bond motifs is 1. The first-order valence-electron chi connectivity index (χ1n) is 12.2.